The molecule has 4 nitrogen and oxygen atoms in total. The van der Waals surface area contributed by atoms with E-state index < -0.39 is 9.96 Å². The van der Waals surface area contributed by atoms with E-state index in [1.165, 1.54) is 0 Å². The first-order valence-corrected chi connectivity index (χ1v) is 9.43. The highest BCUT2D eigenvalue weighted by Crippen LogP contribution is 2.29. The van der Waals surface area contributed by atoms with Crippen LogP contribution in [0.4, 0.5) is 5.69 Å². The Morgan fingerprint density at radius 3 is 2.27 bits per heavy atom. The molecule has 8 heteroatoms. The summed E-state index contributed by atoms with van der Waals surface area (Å²) < 4.78 is -1.81. The van der Waals surface area contributed by atoms with Gasteiger partial charge in [0.2, 0.25) is 3.79 Å². The van der Waals surface area contributed by atoms with E-state index >= 15 is 0 Å². The molecule has 0 aromatic heterocycles. The van der Waals surface area contributed by atoms with Gasteiger partial charge in [-0.15, -0.1) is 0 Å². The van der Waals surface area contributed by atoms with Gasteiger partial charge >= 0.3 is 0 Å². The molecule has 0 aliphatic carbocycles. The quantitative estimate of drug-likeness (QED) is 0.367. The predicted octanol–water partition coefficient (Wildman–Crippen LogP) is 4.66. The lowest BCUT2D eigenvalue weighted by atomic mass is 10.1. The first kappa shape index (κ1) is 20.8. The van der Waals surface area contributed by atoms with Gasteiger partial charge in [0.1, 0.15) is 6.17 Å². The van der Waals surface area contributed by atoms with Crippen LogP contribution in [-0.4, -0.2) is 21.0 Å². The van der Waals surface area contributed by atoms with Crippen molar-refractivity contribution in [2.75, 3.05) is 5.32 Å². The van der Waals surface area contributed by atoms with Gasteiger partial charge in [0.25, 0.3) is 5.91 Å². The Hall–Kier alpha value is -1.53. The number of hydrogen-bond acceptors (Lipinski definition) is 2. The Morgan fingerprint density at radius 1 is 1.04 bits per heavy atom. The standard InChI is InChI=1S/C18H18Cl3N3OS/c1-2-12-8-6-7-11-14(12)22-17(26)24-16(18(19,20)21)23-15(25)13-9-4-3-5-10-13/h3-11,16H,2H2,1H3,(H,23,25)(H2,22,24,26). The summed E-state index contributed by atoms with van der Waals surface area (Å²) in [6.07, 6.45) is -0.182. The average molecular weight is 431 g/mol. The van der Waals surface area contributed by atoms with Crippen LogP contribution in [-0.2, 0) is 6.42 Å². The Morgan fingerprint density at radius 2 is 1.65 bits per heavy atom. The van der Waals surface area contributed by atoms with E-state index in [1.807, 2.05) is 37.3 Å². The smallest absolute Gasteiger partial charge is 0.252 e. The maximum Gasteiger partial charge on any atom is 0.252 e. The number of halogens is 3. The highest BCUT2D eigenvalue weighted by molar-refractivity contribution is 7.80. The zero-order chi connectivity index (χ0) is 19.2. The second-order valence-corrected chi connectivity index (χ2v) is 8.20. The van der Waals surface area contributed by atoms with Crippen LogP contribution in [0.15, 0.2) is 54.6 Å². The topological polar surface area (TPSA) is 53.2 Å². The molecule has 26 heavy (non-hydrogen) atoms. The van der Waals surface area contributed by atoms with Crippen LogP contribution in [0.1, 0.15) is 22.8 Å². The molecule has 1 unspecified atom stereocenters. The lowest BCUT2D eigenvalue weighted by Crippen LogP contribution is -2.56. The summed E-state index contributed by atoms with van der Waals surface area (Å²) in [5.74, 6) is -0.383. The van der Waals surface area contributed by atoms with Gasteiger partial charge in [-0.3, -0.25) is 4.79 Å². The maximum absolute atomic E-state index is 12.4. The van der Waals surface area contributed by atoms with Crippen LogP contribution >= 0.6 is 47.0 Å². The number of alkyl halides is 3. The number of hydrogen-bond donors (Lipinski definition) is 3. The van der Waals surface area contributed by atoms with Crippen LogP contribution in [0.25, 0.3) is 0 Å². The molecule has 138 valence electrons. The Kier molecular flexibility index (Phi) is 7.53. The molecule has 2 aromatic carbocycles. The van der Waals surface area contributed by atoms with E-state index in [1.54, 1.807) is 24.3 Å². The number of amides is 1. The lowest BCUT2D eigenvalue weighted by molar-refractivity contribution is 0.0934. The molecule has 1 atom stereocenters. The Bertz CT molecular complexity index is 766. The molecule has 0 aliphatic heterocycles. The van der Waals surface area contributed by atoms with Gasteiger partial charge in [0.15, 0.2) is 5.11 Å². The van der Waals surface area contributed by atoms with Gasteiger partial charge in [0, 0.05) is 11.3 Å². The number of aryl methyl sites for hydroxylation is 1. The number of anilines is 1. The molecular formula is C18H18Cl3N3OS. The zero-order valence-electron chi connectivity index (χ0n) is 13.9. The highest BCUT2D eigenvalue weighted by atomic mass is 35.6. The summed E-state index contributed by atoms with van der Waals surface area (Å²) >= 11 is 23.3. The molecule has 2 rings (SSSR count). The number of thiocarbonyl (C=S) groups is 1. The molecule has 0 saturated heterocycles. The van der Waals surface area contributed by atoms with Gasteiger partial charge < -0.3 is 16.0 Å². The molecule has 0 radical (unpaired) electrons. The summed E-state index contributed by atoms with van der Waals surface area (Å²) in [5.41, 5.74) is 2.39. The van der Waals surface area contributed by atoms with Crippen molar-refractivity contribution in [1.29, 1.82) is 0 Å². The van der Waals surface area contributed by atoms with Crippen molar-refractivity contribution in [2.45, 2.75) is 23.3 Å². The van der Waals surface area contributed by atoms with Crippen molar-refractivity contribution in [1.82, 2.24) is 10.6 Å². The molecular weight excluding hydrogens is 413 g/mol. The van der Waals surface area contributed by atoms with Crippen molar-refractivity contribution in [3.63, 3.8) is 0 Å². The van der Waals surface area contributed by atoms with Crippen molar-refractivity contribution >= 4 is 63.7 Å². The number of carbonyl (C=O) groups is 1. The van der Waals surface area contributed by atoms with Crippen molar-refractivity contribution < 1.29 is 4.79 Å². The minimum atomic E-state index is -1.81. The third kappa shape index (κ3) is 6.02. The van der Waals surface area contributed by atoms with Crippen LogP contribution in [0.5, 0.6) is 0 Å². The normalized spacial score (nSPS) is 12.2. The molecule has 0 aliphatic rings. The summed E-state index contributed by atoms with van der Waals surface area (Å²) in [7, 11) is 0. The summed E-state index contributed by atoms with van der Waals surface area (Å²) in [5, 5.41) is 8.80. The number of para-hydroxylation sites is 1. The molecule has 2 aromatic rings. The van der Waals surface area contributed by atoms with Gasteiger partial charge in [-0.1, -0.05) is 78.1 Å². The van der Waals surface area contributed by atoms with E-state index in [9.17, 15) is 4.79 Å². The minimum absolute atomic E-state index is 0.232. The van der Waals surface area contributed by atoms with Gasteiger partial charge in [-0.2, -0.15) is 0 Å². The van der Waals surface area contributed by atoms with E-state index in [4.69, 9.17) is 47.0 Å². The van der Waals surface area contributed by atoms with E-state index in [0.717, 1.165) is 17.7 Å². The third-order valence-corrected chi connectivity index (χ3v) is 4.44. The van der Waals surface area contributed by atoms with E-state index in [-0.39, 0.29) is 11.0 Å². The molecule has 0 saturated carbocycles. The lowest BCUT2D eigenvalue weighted by Gasteiger charge is -2.28. The SMILES string of the molecule is CCc1ccccc1NC(=S)NC(NC(=O)c1ccccc1)C(Cl)(Cl)Cl. The highest BCUT2D eigenvalue weighted by Gasteiger charge is 2.34. The molecule has 1 amide bonds. The van der Waals surface area contributed by atoms with Crippen LogP contribution in [0.3, 0.4) is 0 Å². The van der Waals surface area contributed by atoms with E-state index in [2.05, 4.69) is 16.0 Å². The molecule has 0 heterocycles. The first-order chi connectivity index (χ1) is 12.3. The van der Waals surface area contributed by atoms with Crippen LogP contribution in [0.2, 0.25) is 0 Å². The van der Waals surface area contributed by atoms with Crippen molar-refractivity contribution in [2.24, 2.45) is 0 Å². The molecule has 0 bridgehead atoms. The second kappa shape index (κ2) is 9.42. The fourth-order valence-corrected chi connectivity index (χ4v) is 2.80. The average Bonchev–Trinajstić information content (AvgIpc) is 2.61. The predicted molar refractivity (Wildman–Crippen MR) is 113 cm³/mol. The van der Waals surface area contributed by atoms with Gasteiger partial charge in [-0.25, -0.2) is 0 Å². The molecule has 3 N–H and O–H groups in total. The molecule has 0 fully saturated rings. The first-order valence-electron chi connectivity index (χ1n) is 7.89. The zero-order valence-corrected chi connectivity index (χ0v) is 17.0. The maximum atomic E-state index is 12.4. The fourth-order valence-electron chi connectivity index (χ4n) is 2.24. The van der Waals surface area contributed by atoms with Gasteiger partial charge in [0.05, 0.1) is 0 Å². The summed E-state index contributed by atoms with van der Waals surface area (Å²) in [6.45, 7) is 2.04. The van der Waals surface area contributed by atoms with Crippen LogP contribution < -0.4 is 16.0 Å². The second-order valence-electron chi connectivity index (χ2n) is 5.42. The number of carbonyl (C=O) groups excluding carboxylic acids is 1. The molecule has 0 spiro atoms. The van der Waals surface area contributed by atoms with Crippen LogP contribution in [0, 0.1) is 0 Å². The minimum Gasteiger partial charge on any atom is -0.339 e. The van der Waals surface area contributed by atoms with Gasteiger partial charge in [-0.05, 0) is 42.4 Å². The van der Waals surface area contributed by atoms with Crippen molar-refractivity contribution in [3.8, 4) is 0 Å². The van der Waals surface area contributed by atoms with Crippen molar-refractivity contribution in [3.05, 3.63) is 65.7 Å². The number of benzene rings is 2. The number of nitrogens with one attached hydrogen (secondary N) is 3. The Labute approximate surface area is 173 Å². The Balaban J connectivity index is 2.08. The van der Waals surface area contributed by atoms with E-state index in [0.29, 0.717) is 5.56 Å². The third-order valence-electron chi connectivity index (χ3n) is 3.56. The summed E-state index contributed by atoms with van der Waals surface area (Å²) in [6, 6.07) is 16.4. The fraction of sp³-hybridized carbons (Fsp3) is 0.222. The largest absolute Gasteiger partial charge is 0.339 e. The summed E-state index contributed by atoms with van der Waals surface area (Å²) in [4.78, 5) is 12.4. The monoisotopic (exact) mass is 429 g/mol. The number of rotatable bonds is 5.